The number of nitrogens with zero attached hydrogens (tertiary/aromatic N) is 4. The molecule has 0 aliphatic carbocycles. The third-order valence-corrected chi connectivity index (χ3v) is 4.62. The summed E-state index contributed by atoms with van der Waals surface area (Å²) in [7, 11) is 1.98. The average molecular weight is 365 g/mol. The maximum atomic E-state index is 10.2. The molecule has 0 aliphatic heterocycles. The number of imidazole rings is 1. The average Bonchev–Trinajstić information content (AvgIpc) is 3.02. The molecule has 130 valence electrons. The Kier molecular flexibility index (Phi) is 4.31. The number of hydrogen-bond acceptors (Lipinski definition) is 4. The minimum Gasteiger partial charge on any atom is -0.493 e. The molecule has 4 rings (SSSR count). The zero-order valence-corrected chi connectivity index (χ0v) is 15.0. The molecule has 5 nitrogen and oxygen atoms in total. The number of aromatic hydroxyl groups is 1. The third kappa shape index (κ3) is 3.13. The molecule has 0 bridgehead atoms. The summed E-state index contributed by atoms with van der Waals surface area (Å²) in [6, 6.07) is 15.3. The Morgan fingerprint density at radius 3 is 2.58 bits per heavy atom. The number of rotatable bonds is 4. The van der Waals surface area contributed by atoms with Gasteiger partial charge in [0.1, 0.15) is 11.6 Å². The van der Waals surface area contributed by atoms with Gasteiger partial charge >= 0.3 is 0 Å². The fourth-order valence-corrected chi connectivity index (χ4v) is 3.18. The van der Waals surface area contributed by atoms with Crippen molar-refractivity contribution < 1.29 is 5.11 Å². The van der Waals surface area contributed by atoms with E-state index in [2.05, 4.69) is 9.97 Å². The highest BCUT2D eigenvalue weighted by molar-refractivity contribution is 6.35. The van der Waals surface area contributed by atoms with Crippen molar-refractivity contribution >= 4 is 22.5 Å². The van der Waals surface area contributed by atoms with Gasteiger partial charge in [-0.15, -0.1) is 0 Å². The fraction of sp³-hybridized carbons (Fsp3) is 0.150. The maximum Gasteiger partial charge on any atom is 0.222 e. The van der Waals surface area contributed by atoms with E-state index in [4.69, 9.17) is 16.6 Å². The largest absolute Gasteiger partial charge is 0.493 e. The smallest absolute Gasteiger partial charge is 0.222 e. The minimum absolute atomic E-state index is 0.0442. The lowest BCUT2D eigenvalue weighted by atomic mass is 10.2. The lowest BCUT2D eigenvalue weighted by Crippen LogP contribution is -2.03. The number of aryl methyl sites for hydroxylation is 3. The molecule has 0 atom stereocenters. The van der Waals surface area contributed by atoms with E-state index in [1.807, 2.05) is 48.1 Å². The first-order valence-electron chi connectivity index (χ1n) is 8.33. The maximum absolute atomic E-state index is 10.2. The van der Waals surface area contributed by atoms with Crippen LogP contribution in [0.15, 0.2) is 54.7 Å². The predicted molar refractivity (Wildman–Crippen MR) is 102 cm³/mol. The SMILES string of the molecule is Cn1cc(-c2ccccc2)nc1CCc1nc(O)c2cccc(Cl)c2n1. The first kappa shape index (κ1) is 16.5. The third-order valence-electron chi connectivity index (χ3n) is 4.32. The van der Waals surface area contributed by atoms with Crippen LogP contribution in [-0.4, -0.2) is 24.6 Å². The molecule has 0 radical (unpaired) electrons. The molecule has 6 heteroatoms. The summed E-state index contributed by atoms with van der Waals surface area (Å²) in [4.78, 5) is 13.4. The standard InChI is InChI=1S/C20H17ClN4O/c1-25-12-16(13-6-3-2-4-7-13)22-18(25)11-10-17-23-19-14(20(26)24-17)8-5-9-15(19)21/h2-9,12H,10-11H2,1H3,(H,23,24,26). The second-order valence-corrected chi connectivity index (χ2v) is 6.53. The molecule has 0 spiro atoms. The van der Waals surface area contributed by atoms with Crippen LogP contribution in [0.3, 0.4) is 0 Å². The molecule has 2 aromatic carbocycles. The van der Waals surface area contributed by atoms with Crippen LogP contribution in [-0.2, 0) is 19.9 Å². The van der Waals surface area contributed by atoms with Gasteiger partial charge < -0.3 is 9.67 Å². The molecule has 0 saturated carbocycles. The summed E-state index contributed by atoms with van der Waals surface area (Å²) in [6.45, 7) is 0. The normalized spacial score (nSPS) is 11.2. The van der Waals surface area contributed by atoms with Gasteiger partial charge in [0.25, 0.3) is 0 Å². The van der Waals surface area contributed by atoms with Crippen LogP contribution < -0.4 is 0 Å². The minimum atomic E-state index is -0.0442. The van der Waals surface area contributed by atoms with Gasteiger partial charge in [0.15, 0.2) is 0 Å². The second-order valence-electron chi connectivity index (χ2n) is 6.12. The first-order chi connectivity index (χ1) is 12.6. The van der Waals surface area contributed by atoms with Crippen molar-refractivity contribution in [2.75, 3.05) is 0 Å². The number of halogens is 1. The van der Waals surface area contributed by atoms with Gasteiger partial charge in [0.2, 0.25) is 5.88 Å². The van der Waals surface area contributed by atoms with Crippen molar-refractivity contribution in [3.63, 3.8) is 0 Å². The van der Waals surface area contributed by atoms with Crippen LogP contribution in [0.25, 0.3) is 22.2 Å². The molecule has 2 heterocycles. The topological polar surface area (TPSA) is 63.8 Å². The highest BCUT2D eigenvalue weighted by Gasteiger charge is 2.12. The molecule has 0 unspecified atom stereocenters. The molecule has 0 amide bonds. The number of hydrogen-bond donors (Lipinski definition) is 1. The Morgan fingerprint density at radius 1 is 0.962 bits per heavy atom. The van der Waals surface area contributed by atoms with E-state index in [1.54, 1.807) is 18.2 Å². The Morgan fingerprint density at radius 2 is 1.77 bits per heavy atom. The number of fused-ring (bicyclic) bond motifs is 1. The summed E-state index contributed by atoms with van der Waals surface area (Å²) in [5.74, 6) is 1.44. The van der Waals surface area contributed by atoms with E-state index >= 15 is 0 Å². The van der Waals surface area contributed by atoms with Crippen molar-refractivity contribution in [2.24, 2.45) is 7.05 Å². The van der Waals surface area contributed by atoms with Gasteiger partial charge in [0.05, 0.1) is 21.6 Å². The van der Waals surface area contributed by atoms with Gasteiger partial charge in [-0.25, -0.2) is 9.97 Å². The molecule has 2 aromatic heterocycles. The number of benzene rings is 2. The zero-order chi connectivity index (χ0) is 18.1. The quantitative estimate of drug-likeness (QED) is 0.590. The summed E-state index contributed by atoms with van der Waals surface area (Å²) < 4.78 is 2.01. The van der Waals surface area contributed by atoms with Crippen LogP contribution in [0.4, 0.5) is 0 Å². The summed E-state index contributed by atoms with van der Waals surface area (Å²) >= 11 is 6.20. The monoisotopic (exact) mass is 364 g/mol. The van der Waals surface area contributed by atoms with E-state index in [0.29, 0.717) is 34.6 Å². The molecule has 4 aromatic rings. The van der Waals surface area contributed by atoms with Crippen molar-refractivity contribution in [1.82, 2.24) is 19.5 Å². The second kappa shape index (κ2) is 6.77. The Hall–Kier alpha value is -2.92. The zero-order valence-electron chi connectivity index (χ0n) is 14.2. The van der Waals surface area contributed by atoms with Gasteiger partial charge in [0, 0.05) is 31.6 Å². The van der Waals surface area contributed by atoms with Gasteiger partial charge in [-0.3, -0.25) is 0 Å². The van der Waals surface area contributed by atoms with Crippen LogP contribution in [0, 0.1) is 0 Å². The highest BCUT2D eigenvalue weighted by atomic mass is 35.5. The van der Waals surface area contributed by atoms with Crippen molar-refractivity contribution in [2.45, 2.75) is 12.8 Å². The molecule has 1 N–H and O–H groups in total. The molecule has 0 aliphatic rings. The van der Waals surface area contributed by atoms with Crippen LogP contribution in [0.5, 0.6) is 5.88 Å². The Labute approximate surface area is 155 Å². The highest BCUT2D eigenvalue weighted by Crippen LogP contribution is 2.27. The van der Waals surface area contributed by atoms with E-state index in [1.165, 1.54) is 0 Å². The number of para-hydroxylation sites is 1. The summed E-state index contributed by atoms with van der Waals surface area (Å²) in [5, 5.41) is 11.2. The Balaban J connectivity index is 1.59. The molecule has 0 fully saturated rings. The lowest BCUT2D eigenvalue weighted by Gasteiger charge is -2.06. The van der Waals surface area contributed by atoms with Crippen molar-refractivity contribution in [3.8, 4) is 17.1 Å². The molecule has 26 heavy (non-hydrogen) atoms. The summed E-state index contributed by atoms with van der Waals surface area (Å²) in [5.41, 5.74) is 2.59. The fourth-order valence-electron chi connectivity index (χ4n) is 2.97. The molecule has 0 saturated heterocycles. The molecular weight excluding hydrogens is 348 g/mol. The van der Waals surface area contributed by atoms with E-state index in [0.717, 1.165) is 17.1 Å². The predicted octanol–water partition coefficient (Wildman–Crippen LogP) is 4.17. The van der Waals surface area contributed by atoms with Crippen molar-refractivity contribution in [1.29, 1.82) is 0 Å². The van der Waals surface area contributed by atoms with E-state index in [9.17, 15) is 5.11 Å². The first-order valence-corrected chi connectivity index (χ1v) is 8.71. The van der Waals surface area contributed by atoms with Crippen LogP contribution in [0.2, 0.25) is 5.02 Å². The van der Waals surface area contributed by atoms with Crippen molar-refractivity contribution in [3.05, 3.63) is 71.4 Å². The number of aromatic nitrogens is 4. The van der Waals surface area contributed by atoms with E-state index < -0.39 is 0 Å². The van der Waals surface area contributed by atoms with Gasteiger partial charge in [-0.05, 0) is 12.1 Å². The van der Waals surface area contributed by atoms with Crippen LogP contribution in [0.1, 0.15) is 11.6 Å². The van der Waals surface area contributed by atoms with E-state index in [-0.39, 0.29) is 5.88 Å². The summed E-state index contributed by atoms with van der Waals surface area (Å²) in [6.07, 6.45) is 3.24. The molecular formula is C20H17ClN4O. The van der Waals surface area contributed by atoms with Gasteiger partial charge in [-0.2, -0.15) is 4.98 Å². The lowest BCUT2D eigenvalue weighted by molar-refractivity contribution is 0.456. The van der Waals surface area contributed by atoms with Crippen LogP contribution >= 0.6 is 11.6 Å². The Bertz CT molecular complexity index is 1080. The van der Waals surface area contributed by atoms with Gasteiger partial charge in [-0.1, -0.05) is 48.0 Å².